The molecule has 1 heterocycles. The molecule has 1 fully saturated rings. The number of nitrogens with one attached hydrogen (secondary N) is 3. The molecule has 3 N–H and O–H groups in total. The quantitative estimate of drug-likeness (QED) is 0.556. The number of hydrogen-bond acceptors (Lipinski definition) is 6. The van der Waals surface area contributed by atoms with E-state index < -0.39 is 40.3 Å². The van der Waals surface area contributed by atoms with Crippen molar-refractivity contribution < 1.29 is 27.5 Å². The Bertz CT molecular complexity index is 486. The maximum atomic E-state index is 11.5. The van der Waals surface area contributed by atoms with E-state index in [1.54, 1.807) is 18.6 Å². The van der Waals surface area contributed by atoms with E-state index >= 15 is 0 Å². The van der Waals surface area contributed by atoms with Crippen LogP contribution in [-0.4, -0.2) is 38.5 Å². The predicted molar refractivity (Wildman–Crippen MR) is 63.0 cm³/mol. The first kappa shape index (κ1) is 15.4. The van der Waals surface area contributed by atoms with E-state index in [0.717, 1.165) is 0 Å². The van der Waals surface area contributed by atoms with Gasteiger partial charge >= 0.3 is 16.3 Å². The number of carbonyl (C=O) groups excluding carboxylic acids is 3. The van der Waals surface area contributed by atoms with Crippen LogP contribution in [0.1, 0.15) is 26.7 Å². The van der Waals surface area contributed by atoms with Crippen LogP contribution in [0.4, 0.5) is 4.79 Å². The van der Waals surface area contributed by atoms with Crippen LogP contribution in [0.3, 0.4) is 0 Å². The summed E-state index contributed by atoms with van der Waals surface area (Å²) in [6, 6.07) is -1.10. The first-order valence-corrected chi connectivity index (χ1v) is 7.02. The third-order valence-corrected chi connectivity index (χ3v) is 3.13. The summed E-state index contributed by atoms with van der Waals surface area (Å²) in [6.45, 7) is 3.11. The van der Waals surface area contributed by atoms with Crippen molar-refractivity contribution in [3.63, 3.8) is 0 Å². The van der Waals surface area contributed by atoms with Crippen LogP contribution in [0, 0.1) is 0 Å². The van der Waals surface area contributed by atoms with Crippen LogP contribution in [0.15, 0.2) is 0 Å². The molecule has 0 bridgehead atoms. The normalized spacial score (nSPS) is 20.1. The van der Waals surface area contributed by atoms with Gasteiger partial charge in [0.15, 0.2) is 0 Å². The molecule has 1 atom stereocenters. The molecule has 108 valence electrons. The Morgan fingerprint density at radius 2 is 2.05 bits per heavy atom. The molecule has 0 aromatic carbocycles. The van der Waals surface area contributed by atoms with Gasteiger partial charge in [0, 0.05) is 6.42 Å². The minimum absolute atomic E-state index is 0.0232. The van der Waals surface area contributed by atoms with Gasteiger partial charge in [-0.05, 0) is 20.3 Å². The molecular weight excluding hydrogens is 278 g/mol. The lowest BCUT2D eigenvalue weighted by Gasteiger charge is -2.21. The van der Waals surface area contributed by atoms with Gasteiger partial charge in [0.2, 0.25) is 11.8 Å². The van der Waals surface area contributed by atoms with Crippen LogP contribution >= 0.6 is 0 Å². The number of carbonyl (C=O) groups is 3. The zero-order chi connectivity index (χ0) is 14.6. The van der Waals surface area contributed by atoms with E-state index in [9.17, 15) is 22.8 Å². The fourth-order valence-corrected chi connectivity index (χ4v) is 2.30. The molecule has 0 aromatic rings. The summed E-state index contributed by atoms with van der Waals surface area (Å²) in [7, 11) is -4.22. The molecule has 1 aliphatic rings. The second-order valence-electron chi connectivity index (χ2n) is 4.18. The Balaban J connectivity index is 2.57. The lowest BCUT2D eigenvalue weighted by atomic mass is 10.1. The van der Waals surface area contributed by atoms with E-state index in [2.05, 4.69) is 4.74 Å². The van der Waals surface area contributed by atoms with Crippen LogP contribution in [0.2, 0.25) is 0 Å². The first-order chi connectivity index (χ1) is 8.69. The molecule has 0 saturated carbocycles. The van der Waals surface area contributed by atoms with Crippen molar-refractivity contribution in [1.82, 2.24) is 14.8 Å². The molecular formula is C9H15N3O6S. The Morgan fingerprint density at radius 3 is 2.58 bits per heavy atom. The van der Waals surface area contributed by atoms with Gasteiger partial charge in [-0.1, -0.05) is 0 Å². The molecule has 0 aromatic heterocycles. The van der Waals surface area contributed by atoms with Crippen LogP contribution < -0.4 is 14.8 Å². The maximum absolute atomic E-state index is 11.5. The molecule has 3 amide bonds. The molecule has 0 aliphatic carbocycles. The summed E-state index contributed by atoms with van der Waals surface area (Å²) >= 11 is 0. The molecule has 1 saturated heterocycles. The average Bonchev–Trinajstić information content (AvgIpc) is 2.19. The lowest BCUT2D eigenvalue weighted by Crippen LogP contribution is -2.55. The number of imide groups is 1. The van der Waals surface area contributed by atoms with Crippen molar-refractivity contribution in [2.24, 2.45) is 0 Å². The molecule has 19 heavy (non-hydrogen) atoms. The topological polar surface area (TPSA) is 131 Å². The fraction of sp³-hybridized carbons (Fsp3) is 0.667. The van der Waals surface area contributed by atoms with Crippen molar-refractivity contribution in [3.8, 4) is 0 Å². The SMILES string of the molecule is CC(C)OC(=O)NS(=O)(=O)NC1CCC(=O)NC1=O. The number of hydrogen-bond donors (Lipinski definition) is 3. The van der Waals surface area contributed by atoms with Crippen molar-refractivity contribution in [1.29, 1.82) is 0 Å². The van der Waals surface area contributed by atoms with Gasteiger partial charge in [0.25, 0.3) is 0 Å². The Kier molecular flexibility index (Phi) is 4.84. The maximum Gasteiger partial charge on any atom is 0.422 e. The van der Waals surface area contributed by atoms with Gasteiger partial charge in [-0.15, -0.1) is 0 Å². The number of rotatable bonds is 4. The Morgan fingerprint density at radius 1 is 1.42 bits per heavy atom. The molecule has 10 heteroatoms. The Hall–Kier alpha value is -1.68. The van der Waals surface area contributed by atoms with E-state index in [1.807, 2.05) is 10.0 Å². The third kappa shape index (κ3) is 5.22. The van der Waals surface area contributed by atoms with Crippen LogP contribution in [0.5, 0.6) is 0 Å². The van der Waals surface area contributed by atoms with Gasteiger partial charge in [0.05, 0.1) is 6.10 Å². The van der Waals surface area contributed by atoms with E-state index in [4.69, 9.17) is 0 Å². The van der Waals surface area contributed by atoms with Crippen molar-refractivity contribution in [3.05, 3.63) is 0 Å². The van der Waals surface area contributed by atoms with Crippen molar-refractivity contribution in [2.45, 2.75) is 38.8 Å². The molecule has 1 rings (SSSR count). The van der Waals surface area contributed by atoms with Crippen LogP contribution in [-0.2, 0) is 24.5 Å². The Labute approximate surface area is 110 Å². The highest BCUT2D eigenvalue weighted by Gasteiger charge is 2.31. The van der Waals surface area contributed by atoms with Gasteiger partial charge in [0.1, 0.15) is 6.04 Å². The number of ether oxygens (including phenoxy) is 1. The standard InChI is InChI=1S/C9H15N3O6S/c1-5(2)18-9(15)12-19(16,17)11-6-3-4-7(13)10-8(6)14/h5-6,11H,3-4H2,1-2H3,(H,12,15)(H,10,13,14). The zero-order valence-corrected chi connectivity index (χ0v) is 11.2. The molecule has 9 nitrogen and oxygen atoms in total. The largest absolute Gasteiger partial charge is 0.446 e. The second-order valence-corrected chi connectivity index (χ2v) is 5.63. The first-order valence-electron chi connectivity index (χ1n) is 5.54. The van der Waals surface area contributed by atoms with Crippen molar-refractivity contribution in [2.75, 3.05) is 0 Å². The van der Waals surface area contributed by atoms with Gasteiger partial charge in [-0.2, -0.15) is 13.1 Å². The van der Waals surface area contributed by atoms with Gasteiger partial charge in [-0.25, -0.2) is 9.52 Å². The van der Waals surface area contributed by atoms with Gasteiger partial charge < -0.3 is 4.74 Å². The molecule has 1 unspecified atom stereocenters. The minimum Gasteiger partial charge on any atom is -0.446 e. The minimum atomic E-state index is -4.22. The van der Waals surface area contributed by atoms with Crippen LogP contribution in [0.25, 0.3) is 0 Å². The predicted octanol–water partition coefficient (Wildman–Crippen LogP) is -1.24. The molecule has 1 aliphatic heterocycles. The highest BCUT2D eigenvalue weighted by atomic mass is 32.2. The van der Waals surface area contributed by atoms with Gasteiger partial charge in [-0.3, -0.25) is 14.9 Å². The van der Waals surface area contributed by atoms with Crippen molar-refractivity contribution >= 4 is 28.1 Å². The molecule has 0 spiro atoms. The van der Waals surface area contributed by atoms with E-state index in [-0.39, 0.29) is 12.8 Å². The third-order valence-electron chi connectivity index (χ3n) is 2.10. The fourth-order valence-electron chi connectivity index (χ4n) is 1.37. The highest BCUT2D eigenvalue weighted by molar-refractivity contribution is 7.88. The summed E-state index contributed by atoms with van der Waals surface area (Å²) in [6.07, 6.45) is -1.57. The summed E-state index contributed by atoms with van der Waals surface area (Å²) in [5, 5.41) is 1.99. The summed E-state index contributed by atoms with van der Waals surface area (Å²) < 4.78 is 31.2. The average molecular weight is 293 g/mol. The summed E-state index contributed by atoms with van der Waals surface area (Å²) in [5.41, 5.74) is 0. The second kappa shape index (κ2) is 5.97. The highest BCUT2D eigenvalue weighted by Crippen LogP contribution is 2.05. The van der Waals surface area contributed by atoms with E-state index in [1.165, 1.54) is 0 Å². The van der Waals surface area contributed by atoms with E-state index in [0.29, 0.717) is 0 Å². The number of piperidine rings is 1. The smallest absolute Gasteiger partial charge is 0.422 e. The molecule has 0 radical (unpaired) electrons. The zero-order valence-electron chi connectivity index (χ0n) is 10.4. The number of amides is 3. The monoisotopic (exact) mass is 293 g/mol. The summed E-state index contributed by atoms with van der Waals surface area (Å²) in [4.78, 5) is 33.4. The lowest BCUT2D eigenvalue weighted by molar-refractivity contribution is -0.134. The summed E-state index contributed by atoms with van der Waals surface area (Å²) in [5.74, 6) is -1.22.